The van der Waals surface area contributed by atoms with E-state index >= 15 is 0 Å². The van der Waals surface area contributed by atoms with Crippen LogP contribution in [0.2, 0.25) is 0 Å². The van der Waals surface area contributed by atoms with E-state index in [1.807, 2.05) is 11.8 Å². The first-order chi connectivity index (χ1) is 9.24. The first kappa shape index (κ1) is 16.4. The standard InChI is InChI=1S/C14H18BrN3S.HI/c15-11-3-1-10(2-4-11)12-9-13(12)17-14(16)18-5-7-19-8-6-18;/h1-4,12-13H,5-9H2,(H2,16,17);1H. The Kier molecular flexibility index (Phi) is 6.04. The molecule has 1 aromatic carbocycles. The summed E-state index contributed by atoms with van der Waals surface area (Å²) in [7, 11) is 0. The van der Waals surface area contributed by atoms with Crippen LogP contribution in [-0.2, 0) is 0 Å². The number of halogens is 2. The van der Waals surface area contributed by atoms with Crippen molar-refractivity contribution in [3.8, 4) is 0 Å². The van der Waals surface area contributed by atoms with Crippen LogP contribution in [0.15, 0.2) is 33.7 Å². The van der Waals surface area contributed by atoms with E-state index in [1.54, 1.807) is 0 Å². The molecule has 1 heterocycles. The number of thioether (sulfide) groups is 1. The van der Waals surface area contributed by atoms with Crippen LogP contribution in [0, 0.1) is 0 Å². The van der Waals surface area contributed by atoms with Crippen LogP contribution in [0.4, 0.5) is 0 Å². The normalized spacial score (nSPS) is 26.1. The highest BCUT2D eigenvalue weighted by atomic mass is 127. The van der Waals surface area contributed by atoms with Crippen molar-refractivity contribution in [2.75, 3.05) is 24.6 Å². The summed E-state index contributed by atoms with van der Waals surface area (Å²) in [6, 6.07) is 8.94. The van der Waals surface area contributed by atoms with Gasteiger partial charge < -0.3 is 10.6 Å². The van der Waals surface area contributed by atoms with Crippen LogP contribution in [-0.4, -0.2) is 41.5 Å². The minimum Gasteiger partial charge on any atom is -0.370 e. The van der Waals surface area contributed by atoms with Crippen molar-refractivity contribution < 1.29 is 0 Å². The minimum atomic E-state index is 0. The van der Waals surface area contributed by atoms with Crippen LogP contribution >= 0.6 is 51.7 Å². The molecule has 2 N–H and O–H groups in total. The topological polar surface area (TPSA) is 41.6 Å². The van der Waals surface area contributed by atoms with Crippen molar-refractivity contribution in [3.05, 3.63) is 34.3 Å². The number of aliphatic imine (C=N–C) groups is 1. The number of nitrogens with two attached hydrogens (primary N) is 1. The Hall–Kier alpha value is 0.0500. The molecule has 1 aliphatic carbocycles. The Bertz CT molecular complexity index is 474. The second kappa shape index (κ2) is 7.35. The molecular formula is C14H19BrIN3S. The molecule has 0 bridgehead atoms. The predicted molar refractivity (Wildman–Crippen MR) is 101 cm³/mol. The van der Waals surface area contributed by atoms with Crippen molar-refractivity contribution >= 4 is 57.6 Å². The summed E-state index contributed by atoms with van der Waals surface area (Å²) in [6.45, 7) is 2.07. The highest BCUT2D eigenvalue weighted by Crippen LogP contribution is 2.43. The minimum absolute atomic E-state index is 0. The number of hydrogen-bond donors (Lipinski definition) is 1. The second-order valence-electron chi connectivity index (χ2n) is 5.05. The fourth-order valence-corrected chi connectivity index (χ4v) is 3.60. The number of benzene rings is 1. The Morgan fingerprint density at radius 2 is 1.90 bits per heavy atom. The second-order valence-corrected chi connectivity index (χ2v) is 7.19. The Labute approximate surface area is 149 Å². The molecule has 3 rings (SSSR count). The summed E-state index contributed by atoms with van der Waals surface area (Å²) in [5, 5.41) is 0. The molecule has 0 radical (unpaired) electrons. The molecule has 0 spiro atoms. The van der Waals surface area contributed by atoms with E-state index in [4.69, 9.17) is 10.7 Å². The molecule has 0 amide bonds. The van der Waals surface area contributed by atoms with Gasteiger partial charge in [0, 0.05) is 35.0 Å². The van der Waals surface area contributed by atoms with E-state index in [2.05, 4.69) is 45.1 Å². The van der Waals surface area contributed by atoms with E-state index in [-0.39, 0.29) is 24.0 Å². The Morgan fingerprint density at radius 1 is 1.25 bits per heavy atom. The molecule has 6 heteroatoms. The fourth-order valence-electron chi connectivity index (χ4n) is 2.44. The van der Waals surface area contributed by atoms with Crippen LogP contribution in [0.3, 0.4) is 0 Å². The van der Waals surface area contributed by atoms with Crippen LogP contribution in [0.25, 0.3) is 0 Å². The molecule has 1 saturated carbocycles. The molecule has 2 unspecified atom stereocenters. The van der Waals surface area contributed by atoms with Crippen LogP contribution < -0.4 is 5.73 Å². The van der Waals surface area contributed by atoms with Gasteiger partial charge in [0.05, 0.1) is 6.04 Å². The zero-order chi connectivity index (χ0) is 13.2. The molecule has 1 saturated heterocycles. The first-order valence-electron chi connectivity index (χ1n) is 6.65. The highest BCUT2D eigenvalue weighted by Gasteiger charge is 2.38. The van der Waals surface area contributed by atoms with Gasteiger partial charge in [-0.2, -0.15) is 11.8 Å². The van der Waals surface area contributed by atoms with E-state index in [9.17, 15) is 0 Å². The van der Waals surface area contributed by atoms with Gasteiger partial charge in [-0.05, 0) is 24.1 Å². The molecule has 0 aromatic heterocycles. The van der Waals surface area contributed by atoms with Crippen LogP contribution in [0.1, 0.15) is 17.9 Å². The third kappa shape index (κ3) is 4.04. The molecule has 3 nitrogen and oxygen atoms in total. The summed E-state index contributed by atoms with van der Waals surface area (Å²) in [6.07, 6.45) is 1.13. The number of guanidine groups is 1. The van der Waals surface area contributed by atoms with Crippen molar-refractivity contribution in [3.63, 3.8) is 0 Å². The zero-order valence-corrected chi connectivity index (χ0v) is 15.9. The maximum Gasteiger partial charge on any atom is 0.191 e. The zero-order valence-electron chi connectivity index (χ0n) is 11.2. The van der Waals surface area contributed by atoms with E-state index in [0.29, 0.717) is 12.0 Å². The number of hydrogen-bond acceptors (Lipinski definition) is 2. The maximum atomic E-state index is 6.11. The molecular weight excluding hydrogens is 449 g/mol. The monoisotopic (exact) mass is 467 g/mol. The molecule has 20 heavy (non-hydrogen) atoms. The van der Waals surface area contributed by atoms with Crippen molar-refractivity contribution in [2.45, 2.75) is 18.4 Å². The van der Waals surface area contributed by atoms with Gasteiger partial charge in [-0.25, -0.2) is 4.99 Å². The van der Waals surface area contributed by atoms with Gasteiger partial charge in [0.2, 0.25) is 0 Å². The summed E-state index contributed by atoms with van der Waals surface area (Å²) < 4.78 is 1.13. The molecule has 1 aliphatic heterocycles. The van der Waals surface area contributed by atoms with Gasteiger partial charge in [-0.3, -0.25) is 0 Å². The summed E-state index contributed by atoms with van der Waals surface area (Å²) in [5.74, 6) is 3.63. The predicted octanol–water partition coefficient (Wildman–Crippen LogP) is 3.29. The van der Waals surface area contributed by atoms with Gasteiger partial charge in [0.1, 0.15) is 0 Å². The Balaban J connectivity index is 0.00000147. The van der Waals surface area contributed by atoms with Crippen molar-refractivity contribution in [2.24, 2.45) is 10.7 Å². The van der Waals surface area contributed by atoms with E-state index < -0.39 is 0 Å². The molecule has 110 valence electrons. The van der Waals surface area contributed by atoms with Gasteiger partial charge in [-0.15, -0.1) is 24.0 Å². The third-order valence-electron chi connectivity index (χ3n) is 3.69. The highest BCUT2D eigenvalue weighted by molar-refractivity contribution is 14.0. The molecule has 2 atom stereocenters. The van der Waals surface area contributed by atoms with Crippen molar-refractivity contribution in [1.82, 2.24) is 4.90 Å². The lowest BCUT2D eigenvalue weighted by atomic mass is 10.1. The van der Waals surface area contributed by atoms with E-state index in [0.717, 1.165) is 41.4 Å². The fraction of sp³-hybridized carbons (Fsp3) is 0.500. The third-order valence-corrected chi connectivity index (χ3v) is 5.16. The maximum absolute atomic E-state index is 6.11. The molecule has 2 aliphatic rings. The van der Waals surface area contributed by atoms with E-state index in [1.165, 1.54) is 5.56 Å². The quantitative estimate of drug-likeness (QED) is 0.412. The van der Waals surface area contributed by atoms with Gasteiger partial charge in [0.15, 0.2) is 5.96 Å². The summed E-state index contributed by atoms with van der Waals surface area (Å²) in [4.78, 5) is 6.91. The first-order valence-corrected chi connectivity index (χ1v) is 8.60. The lowest BCUT2D eigenvalue weighted by Crippen LogP contribution is -2.42. The lowest BCUT2D eigenvalue weighted by molar-refractivity contribution is 0.455. The Morgan fingerprint density at radius 3 is 2.55 bits per heavy atom. The number of rotatable bonds is 2. The lowest BCUT2D eigenvalue weighted by Gasteiger charge is -2.27. The van der Waals surface area contributed by atoms with Gasteiger partial charge in [-0.1, -0.05) is 28.1 Å². The van der Waals surface area contributed by atoms with Crippen molar-refractivity contribution in [1.29, 1.82) is 0 Å². The van der Waals surface area contributed by atoms with Gasteiger partial charge >= 0.3 is 0 Å². The van der Waals surface area contributed by atoms with Gasteiger partial charge in [0.25, 0.3) is 0 Å². The molecule has 1 aromatic rings. The largest absolute Gasteiger partial charge is 0.370 e. The number of nitrogens with zero attached hydrogens (tertiary/aromatic N) is 2. The summed E-state index contributed by atoms with van der Waals surface area (Å²) >= 11 is 5.46. The molecule has 2 fully saturated rings. The summed E-state index contributed by atoms with van der Waals surface area (Å²) in [5.41, 5.74) is 7.49. The average Bonchev–Trinajstić information content (AvgIpc) is 3.20. The van der Waals surface area contributed by atoms with Crippen LogP contribution in [0.5, 0.6) is 0 Å². The smallest absolute Gasteiger partial charge is 0.191 e. The SMILES string of the molecule is I.NC(=NC1CC1c1ccc(Br)cc1)N1CCSCC1. The average molecular weight is 468 g/mol.